The molecule has 6 nitrogen and oxygen atoms in total. The Morgan fingerprint density at radius 1 is 1.10 bits per heavy atom. The van der Waals surface area contributed by atoms with Crippen LogP contribution < -0.4 is 10.1 Å². The molecule has 0 saturated carbocycles. The average Bonchev–Trinajstić information content (AvgIpc) is 3.21. The standard InChI is InChI=1S/C22H18FN3O3S/c1-14-6-8-17(23)11-19(14)24-20(27)13-30-22-26-25-21(29-22)12-28-18-9-7-15-4-2-3-5-16(15)10-18/h2-11H,12-13H2,1H3,(H,24,27). The maximum Gasteiger partial charge on any atom is 0.277 e. The van der Waals surface area contributed by atoms with Gasteiger partial charge in [0.1, 0.15) is 11.6 Å². The Hall–Kier alpha value is -3.39. The SMILES string of the molecule is Cc1ccc(F)cc1NC(=O)CSc1nnc(COc2ccc3ccccc3c2)o1. The molecular formula is C22H18FN3O3S. The molecule has 30 heavy (non-hydrogen) atoms. The van der Waals surface area contributed by atoms with Crippen LogP contribution in [0.1, 0.15) is 11.5 Å². The van der Waals surface area contributed by atoms with Gasteiger partial charge in [0.2, 0.25) is 5.91 Å². The quantitative estimate of drug-likeness (QED) is 0.423. The molecule has 4 rings (SSSR count). The van der Waals surface area contributed by atoms with E-state index < -0.39 is 5.82 Å². The van der Waals surface area contributed by atoms with Gasteiger partial charge in [-0.05, 0) is 47.5 Å². The number of ether oxygens (including phenoxy) is 1. The van der Waals surface area contributed by atoms with Crippen molar-refractivity contribution in [1.29, 1.82) is 0 Å². The van der Waals surface area contributed by atoms with Crippen LogP contribution in [0, 0.1) is 12.7 Å². The zero-order valence-corrected chi connectivity index (χ0v) is 16.9. The van der Waals surface area contributed by atoms with E-state index in [1.54, 1.807) is 13.0 Å². The Labute approximate surface area is 176 Å². The Balaban J connectivity index is 1.29. The zero-order chi connectivity index (χ0) is 20.9. The first kappa shape index (κ1) is 19.9. The third-order valence-corrected chi connectivity index (χ3v) is 5.15. The molecule has 1 N–H and O–H groups in total. The van der Waals surface area contributed by atoms with E-state index in [1.807, 2.05) is 42.5 Å². The Kier molecular flexibility index (Phi) is 5.94. The Bertz CT molecular complexity index is 1200. The number of anilines is 1. The molecule has 0 radical (unpaired) electrons. The van der Waals surface area contributed by atoms with Gasteiger partial charge < -0.3 is 14.5 Å². The smallest absolute Gasteiger partial charge is 0.277 e. The summed E-state index contributed by atoms with van der Waals surface area (Å²) < 4.78 is 24.6. The highest BCUT2D eigenvalue weighted by molar-refractivity contribution is 7.99. The number of aryl methyl sites for hydroxylation is 1. The molecule has 0 atom stereocenters. The molecule has 0 saturated heterocycles. The summed E-state index contributed by atoms with van der Waals surface area (Å²) in [5, 5.41) is 13.0. The summed E-state index contributed by atoms with van der Waals surface area (Å²) in [5.41, 5.74) is 1.22. The number of rotatable bonds is 7. The minimum Gasteiger partial charge on any atom is -0.484 e. The zero-order valence-electron chi connectivity index (χ0n) is 16.1. The van der Waals surface area contributed by atoms with Crippen molar-refractivity contribution in [2.45, 2.75) is 18.8 Å². The van der Waals surface area contributed by atoms with E-state index in [1.165, 1.54) is 12.1 Å². The molecule has 0 aliphatic carbocycles. The van der Waals surface area contributed by atoms with Crippen LogP contribution in [0.4, 0.5) is 10.1 Å². The van der Waals surface area contributed by atoms with Crippen LogP contribution in [0.2, 0.25) is 0 Å². The number of amides is 1. The van der Waals surface area contributed by atoms with E-state index in [0.29, 0.717) is 17.3 Å². The number of halogens is 1. The lowest BCUT2D eigenvalue weighted by Crippen LogP contribution is -2.15. The number of nitrogens with one attached hydrogen (secondary N) is 1. The van der Waals surface area contributed by atoms with Crippen molar-refractivity contribution in [3.63, 3.8) is 0 Å². The third kappa shape index (κ3) is 4.96. The summed E-state index contributed by atoms with van der Waals surface area (Å²) in [4.78, 5) is 12.1. The number of fused-ring (bicyclic) bond motifs is 1. The number of carbonyl (C=O) groups excluding carboxylic acids is 1. The van der Waals surface area contributed by atoms with Crippen LogP contribution in [0.3, 0.4) is 0 Å². The van der Waals surface area contributed by atoms with Gasteiger partial charge in [0.05, 0.1) is 5.75 Å². The fourth-order valence-corrected chi connectivity index (χ4v) is 3.38. The van der Waals surface area contributed by atoms with E-state index in [4.69, 9.17) is 9.15 Å². The number of benzene rings is 3. The molecule has 0 bridgehead atoms. The first-order valence-corrected chi connectivity index (χ1v) is 10.2. The summed E-state index contributed by atoms with van der Waals surface area (Å²) in [6.45, 7) is 1.92. The summed E-state index contributed by atoms with van der Waals surface area (Å²) >= 11 is 1.10. The predicted molar refractivity (Wildman–Crippen MR) is 113 cm³/mol. The molecule has 1 heterocycles. The van der Waals surface area contributed by atoms with E-state index >= 15 is 0 Å². The first-order valence-electron chi connectivity index (χ1n) is 9.19. The molecule has 1 amide bonds. The second kappa shape index (κ2) is 8.96. The lowest BCUT2D eigenvalue weighted by Gasteiger charge is -2.07. The Morgan fingerprint density at radius 2 is 1.93 bits per heavy atom. The van der Waals surface area contributed by atoms with Crippen LogP contribution in [-0.2, 0) is 11.4 Å². The van der Waals surface area contributed by atoms with E-state index in [-0.39, 0.29) is 23.5 Å². The predicted octanol–water partition coefficient (Wildman–Crippen LogP) is 4.98. The maximum atomic E-state index is 13.3. The van der Waals surface area contributed by atoms with Gasteiger partial charge in [-0.25, -0.2) is 4.39 Å². The molecule has 1 aromatic heterocycles. The average molecular weight is 423 g/mol. The maximum absolute atomic E-state index is 13.3. The number of hydrogen-bond donors (Lipinski definition) is 1. The van der Waals surface area contributed by atoms with E-state index in [2.05, 4.69) is 15.5 Å². The highest BCUT2D eigenvalue weighted by Gasteiger charge is 2.12. The second-order valence-electron chi connectivity index (χ2n) is 6.56. The van der Waals surface area contributed by atoms with Crippen LogP contribution in [0.25, 0.3) is 10.8 Å². The molecule has 0 aliphatic heterocycles. The molecule has 0 aliphatic rings. The molecule has 152 valence electrons. The number of aromatic nitrogens is 2. The molecule has 0 spiro atoms. The van der Waals surface area contributed by atoms with Crippen molar-refractivity contribution in [1.82, 2.24) is 10.2 Å². The Morgan fingerprint density at radius 3 is 2.80 bits per heavy atom. The summed E-state index contributed by atoms with van der Waals surface area (Å²) in [6.07, 6.45) is 0. The minimum atomic E-state index is -0.406. The first-order chi connectivity index (χ1) is 14.6. The number of carbonyl (C=O) groups is 1. The van der Waals surface area contributed by atoms with Crippen LogP contribution in [-0.4, -0.2) is 21.9 Å². The van der Waals surface area contributed by atoms with Crippen molar-refractivity contribution < 1.29 is 18.3 Å². The third-order valence-electron chi connectivity index (χ3n) is 4.33. The van der Waals surface area contributed by atoms with Crippen molar-refractivity contribution in [2.24, 2.45) is 0 Å². The van der Waals surface area contributed by atoms with Gasteiger partial charge in [0, 0.05) is 5.69 Å². The molecule has 8 heteroatoms. The monoisotopic (exact) mass is 423 g/mol. The van der Waals surface area contributed by atoms with E-state index in [9.17, 15) is 9.18 Å². The van der Waals surface area contributed by atoms with Gasteiger partial charge in [-0.3, -0.25) is 4.79 Å². The van der Waals surface area contributed by atoms with Crippen LogP contribution in [0.15, 0.2) is 70.3 Å². The number of nitrogens with zero attached hydrogens (tertiary/aromatic N) is 2. The van der Waals surface area contributed by atoms with Gasteiger partial charge in [-0.1, -0.05) is 48.2 Å². The minimum absolute atomic E-state index is 0.0586. The van der Waals surface area contributed by atoms with Crippen molar-refractivity contribution in [3.8, 4) is 5.75 Å². The number of thioether (sulfide) groups is 1. The largest absolute Gasteiger partial charge is 0.484 e. The molecule has 0 unspecified atom stereocenters. The normalized spacial score (nSPS) is 10.9. The fourth-order valence-electron chi connectivity index (χ4n) is 2.80. The van der Waals surface area contributed by atoms with Crippen LogP contribution in [0.5, 0.6) is 5.75 Å². The van der Waals surface area contributed by atoms with Crippen molar-refractivity contribution in [2.75, 3.05) is 11.1 Å². The molecular weight excluding hydrogens is 405 g/mol. The second-order valence-corrected chi connectivity index (χ2v) is 7.48. The summed E-state index contributed by atoms with van der Waals surface area (Å²) in [6, 6.07) is 18.1. The molecule has 4 aromatic rings. The summed E-state index contributed by atoms with van der Waals surface area (Å²) in [7, 11) is 0. The molecule has 3 aromatic carbocycles. The highest BCUT2D eigenvalue weighted by atomic mass is 32.2. The number of hydrogen-bond acceptors (Lipinski definition) is 6. The van der Waals surface area contributed by atoms with Crippen molar-refractivity contribution >= 4 is 34.1 Å². The van der Waals surface area contributed by atoms with Crippen LogP contribution >= 0.6 is 11.8 Å². The van der Waals surface area contributed by atoms with E-state index in [0.717, 1.165) is 28.1 Å². The van der Waals surface area contributed by atoms with Crippen molar-refractivity contribution in [3.05, 3.63) is 77.9 Å². The lowest BCUT2D eigenvalue weighted by atomic mass is 10.1. The fraction of sp³-hybridized carbons (Fsp3) is 0.136. The highest BCUT2D eigenvalue weighted by Crippen LogP contribution is 2.22. The van der Waals surface area contributed by atoms with Gasteiger partial charge in [0.15, 0.2) is 6.61 Å². The lowest BCUT2D eigenvalue weighted by molar-refractivity contribution is -0.113. The van der Waals surface area contributed by atoms with Gasteiger partial charge in [0.25, 0.3) is 11.1 Å². The van der Waals surface area contributed by atoms with Gasteiger partial charge in [-0.2, -0.15) is 0 Å². The van der Waals surface area contributed by atoms with Gasteiger partial charge in [-0.15, -0.1) is 10.2 Å². The summed E-state index contributed by atoms with van der Waals surface area (Å²) in [5.74, 6) is 0.374. The topological polar surface area (TPSA) is 77.2 Å². The van der Waals surface area contributed by atoms with Gasteiger partial charge >= 0.3 is 0 Å². The molecule has 0 fully saturated rings.